The zero-order valence-corrected chi connectivity index (χ0v) is 16.1. The molecule has 1 atom stereocenters. The Morgan fingerprint density at radius 1 is 1.17 bits per heavy atom. The number of oxazole rings is 1. The molecule has 0 saturated carbocycles. The van der Waals surface area contributed by atoms with E-state index >= 15 is 0 Å². The maximum absolute atomic E-state index is 12.6. The topological polar surface area (TPSA) is 84.4 Å². The van der Waals surface area contributed by atoms with Crippen LogP contribution in [0.3, 0.4) is 0 Å². The van der Waals surface area contributed by atoms with Crippen LogP contribution in [0.15, 0.2) is 71.6 Å². The number of carbonyl (C=O) groups excluding carboxylic acids is 1. The summed E-state index contributed by atoms with van der Waals surface area (Å²) in [5, 5.41) is 10.3. The molecule has 0 aliphatic carbocycles. The molecule has 0 radical (unpaired) electrons. The van der Waals surface area contributed by atoms with Crippen molar-refractivity contribution in [2.24, 2.45) is 0 Å². The van der Waals surface area contributed by atoms with Crippen molar-refractivity contribution in [1.29, 1.82) is 0 Å². The van der Waals surface area contributed by atoms with Crippen LogP contribution in [0.5, 0.6) is 0 Å². The minimum atomic E-state index is -0.617. The predicted octanol–water partition coefficient (Wildman–Crippen LogP) is 3.27. The van der Waals surface area contributed by atoms with Gasteiger partial charge in [0.05, 0.1) is 23.5 Å². The number of rotatable bonds is 7. The van der Waals surface area contributed by atoms with Gasteiger partial charge in [-0.3, -0.25) is 4.79 Å². The van der Waals surface area contributed by atoms with Gasteiger partial charge in [-0.15, -0.1) is 0 Å². The van der Waals surface area contributed by atoms with E-state index in [0.717, 1.165) is 16.6 Å². The molecule has 148 valence electrons. The van der Waals surface area contributed by atoms with Gasteiger partial charge in [-0.25, -0.2) is 9.97 Å². The normalized spacial score (nSPS) is 12.2. The number of carbonyl (C=O) groups is 1. The van der Waals surface area contributed by atoms with Gasteiger partial charge in [0.2, 0.25) is 5.89 Å². The first kappa shape index (κ1) is 18.9. The second kappa shape index (κ2) is 8.28. The second-order valence-electron chi connectivity index (χ2n) is 6.93. The van der Waals surface area contributed by atoms with Crippen molar-refractivity contribution in [2.75, 3.05) is 13.6 Å². The van der Waals surface area contributed by atoms with E-state index in [0.29, 0.717) is 25.4 Å². The molecule has 0 aliphatic heterocycles. The smallest absolute Gasteiger partial charge is 0.275 e. The zero-order chi connectivity index (χ0) is 20.2. The molecule has 2 heterocycles. The van der Waals surface area contributed by atoms with Crippen molar-refractivity contribution in [3.05, 3.63) is 84.3 Å². The molecule has 0 saturated heterocycles. The third-order valence-corrected chi connectivity index (χ3v) is 4.87. The molecular formula is C22H22N4O3. The number of hydrogen-bond acceptors (Lipinski definition) is 5. The highest BCUT2D eigenvalue weighted by atomic mass is 16.3. The number of para-hydroxylation sites is 2. The zero-order valence-electron chi connectivity index (χ0n) is 16.1. The molecule has 7 heteroatoms. The van der Waals surface area contributed by atoms with E-state index < -0.39 is 6.10 Å². The molecule has 1 N–H and O–H groups in total. The average Bonchev–Trinajstić information content (AvgIpc) is 3.39. The van der Waals surface area contributed by atoms with E-state index in [4.69, 9.17) is 4.42 Å². The second-order valence-corrected chi connectivity index (χ2v) is 6.93. The van der Waals surface area contributed by atoms with E-state index in [2.05, 4.69) is 9.97 Å². The van der Waals surface area contributed by atoms with Crippen LogP contribution >= 0.6 is 0 Å². The van der Waals surface area contributed by atoms with Gasteiger partial charge in [-0.2, -0.15) is 0 Å². The first-order valence-corrected chi connectivity index (χ1v) is 9.44. The lowest BCUT2D eigenvalue weighted by atomic mass is 10.1. The van der Waals surface area contributed by atoms with Gasteiger partial charge in [-0.1, -0.05) is 42.5 Å². The lowest BCUT2D eigenvalue weighted by Gasteiger charge is -2.18. The number of aliphatic hydroxyl groups excluding tert-OH is 1. The summed E-state index contributed by atoms with van der Waals surface area (Å²) in [6.07, 6.45) is 2.93. The highest BCUT2D eigenvalue weighted by molar-refractivity contribution is 5.91. The van der Waals surface area contributed by atoms with Gasteiger partial charge in [0.1, 0.15) is 12.8 Å². The van der Waals surface area contributed by atoms with Gasteiger partial charge in [-0.05, 0) is 24.1 Å². The average molecular weight is 390 g/mol. The van der Waals surface area contributed by atoms with E-state index in [1.54, 1.807) is 18.3 Å². The number of benzene rings is 2. The Balaban J connectivity index is 1.37. The van der Waals surface area contributed by atoms with Gasteiger partial charge in [0.15, 0.2) is 5.69 Å². The highest BCUT2D eigenvalue weighted by Crippen LogP contribution is 2.17. The van der Waals surface area contributed by atoms with Crippen molar-refractivity contribution in [2.45, 2.75) is 19.1 Å². The molecule has 2 aromatic heterocycles. The summed E-state index contributed by atoms with van der Waals surface area (Å²) in [5.74, 6) is 0.199. The predicted molar refractivity (Wildman–Crippen MR) is 108 cm³/mol. The van der Waals surface area contributed by atoms with Crippen molar-refractivity contribution >= 4 is 16.9 Å². The fraction of sp³-hybridized carbons (Fsp3) is 0.227. The van der Waals surface area contributed by atoms with Crippen molar-refractivity contribution in [3.8, 4) is 0 Å². The molecular weight excluding hydrogens is 368 g/mol. The van der Waals surface area contributed by atoms with Crippen LogP contribution in [0.25, 0.3) is 11.0 Å². The van der Waals surface area contributed by atoms with E-state index in [1.165, 1.54) is 6.26 Å². The van der Waals surface area contributed by atoms with E-state index in [1.807, 2.05) is 59.2 Å². The lowest BCUT2D eigenvalue weighted by molar-refractivity contribution is 0.0755. The van der Waals surface area contributed by atoms with Crippen LogP contribution in [-0.2, 0) is 6.54 Å². The Hall–Kier alpha value is -3.45. The monoisotopic (exact) mass is 390 g/mol. The Bertz CT molecular complexity index is 1100. The number of fused-ring (bicyclic) bond motifs is 1. The molecule has 0 fully saturated rings. The van der Waals surface area contributed by atoms with Crippen LogP contribution in [-0.4, -0.2) is 44.0 Å². The number of nitrogens with zero attached hydrogens (tertiary/aromatic N) is 4. The SMILES string of the molecule is CN(CCC(O)c1ccccc1)C(=O)c1coc(Cn2cnc3ccccc32)n1. The van der Waals surface area contributed by atoms with Gasteiger partial charge in [0, 0.05) is 13.6 Å². The minimum Gasteiger partial charge on any atom is -0.446 e. The fourth-order valence-corrected chi connectivity index (χ4v) is 3.22. The Morgan fingerprint density at radius 2 is 1.93 bits per heavy atom. The fourth-order valence-electron chi connectivity index (χ4n) is 3.22. The molecule has 0 bridgehead atoms. The van der Waals surface area contributed by atoms with Crippen LogP contribution < -0.4 is 0 Å². The van der Waals surface area contributed by atoms with E-state index in [-0.39, 0.29) is 11.6 Å². The van der Waals surface area contributed by atoms with Crippen molar-refractivity contribution in [1.82, 2.24) is 19.4 Å². The molecule has 4 aromatic rings. The maximum atomic E-state index is 12.6. The Labute approximate surface area is 168 Å². The molecule has 7 nitrogen and oxygen atoms in total. The molecule has 1 amide bonds. The van der Waals surface area contributed by atoms with Gasteiger partial charge in [0.25, 0.3) is 5.91 Å². The number of imidazole rings is 1. The molecule has 29 heavy (non-hydrogen) atoms. The van der Waals surface area contributed by atoms with Crippen LogP contribution in [0, 0.1) is 0 Å². The van der Waals surface area contributed by atoms with Crippen LogP contribution in [0.2, 0.25) is 0 Å². The maximum Gasteiger partial charge on any atom is 0.275 e. The molecule has 0 aliphatic rings. The molecule has 1 unspecified atom stereocenters. The number of amides is 1. The largest absolute Gasteiger partial charge is 0.446 e. The van der Waals surface area contributed by atoms with Gasteiger partial charge >= 0.3 is 0 Å². The van der Waals surface area contributed by atoms with Crippen molar-refractivity contribution < 1.29 is 14.3 Å². The molecule has 4 rings (SSSR count). The summed E-state index contributed by atoms with van der Waals surface area (Å²) in [5.41, 5.74) is 2.96. The summed E-state index contributed by atoms with van der Waals surface area (Å²) in [6.45, 7) is 0.799. The third kappa shape index (κ3) is 4.20. The van der Waals surface area contributed by atoms with Crippen molar-refractivity contribution in [3.63, 3.8) is 0 Å². The lowest BCUT2D eigenvalue weighted by Crippen LogP contribution is -2.29. The number of aromatic nitrogens is 3. The van der Waals surface area contributed by atoms with E-state index in [9.17, 15) is 9.90 Å². The minimum absolute atomic E-state index is 0.240. The summed E-state index contributed by atoms with van der Waals surface area (Å²) in [7, 11) is 1.69. The summed E-state index contributed by atoms with van der Waals surface area (Å²) < 4.78 is 7.42. The van der Waals surface area contributed by atoms with Crippen LogP contribution in [0.4, 0.5) is 0 Å². The Morgan fingerprint density at radius 3 is 2.76 bits per heavy atom. The van der Waals surface area contributed by atoms with Crippen LogP contribution in [0.1, 0.15) is 34.5 Å². The standard InChI is InChI=1S/C22H22N4O3/c1-25(12-11-20(27)16-7-3-2-4-8-16)22(28)18-14-29-21(24-18)13-26-15-23-17-9-5-6-10-19(17)26/h2-10,14-15,20,27H,11-13H2,1H3. The highest BCUT2D eigenvalue weighted by Gasteiger charge is 2.18. The first-order valence-electron chi connectivity index (χ1n) is 9.44. The van der Waals surface area contributed by atoms with Gasteiger partial charge < -0.3 is 19.0 Å². The quantitative estimate of drug-likeness (QED) is 0.524. The first-order chi connectivity index (χ1) is 14.1. The molecule has 0 spiro atoms. The Kier molecular flexibility index (Phi) is 5.39. The molecule has 2 aromatic carbocycles. The summed E-state index contributed by atoms with van der Waals surface area (Å²) in [4.78, 5) is 22.8. The number of hydrogen-bond donors (Lipinski definition) is 1. The number of aliphatic hydroxyl groups is 1. The summed E-state index contributed by atoms with van der Waals surface area (Å²) >= 11 is 0. The third-order valence-electron chi connectivity index (χ3n) is 4.87. The summed E-state index contributed by atoms with van der Waals surface area (Å²) in [6, 6.07) is 17.2.